The zero-order valence-electron chi connectivity index (χ0n) is 17.4. The monoisotopic (exact) mass is 457 g/mol. The van der Waals surface area contributed by atoms with Crippen molar-refractivity contribution in [2.24, 2.45) is 0 Å². The van der Waals surface area contributed by atoms with Crippen LogP contribution in [0.2, 0.25) is 5.02 Å². The molecule has 1 aromatic heterocycles. The highest BCUT2D eigenvalue weighted by atomic mass is 35.5. The van der Waals surface area contributed by atoms with Gasteiger partial charge in [0.15, 0.2) is 0 Å². The maximum absolute atomic E-state index is 12.6. The number of aryl methyl sites for hydroxylation is 1. The molecule has 0 bridgehead atoms. The first-order chi connectivity index (χ1) is 15.0. The van der Waals surface area contributed by atoms with Crippen molar-refractivity contribution in [1.29, 1.82) is 0 Å². The molecular weight excluding hydrogens is 434 g/mol. The molecule has 5 nitrogen and oxygen atoms in total. The lowest BCUT2D eigenvalue weighted by atomic mass is 10.0. The molecule has 3 aromatic rings. The van der Waals surface area contributed by atoms with E-state index in [9.17, 15) is 9.59 Å². The van der Waals surface area contributed by atoms with Gasteiger partial charge in [-0.25, -0.2) is 4.79 Å². The Balaban J connectivity index is 1.62. The Labute approximate surface area is 191 Å². The number of hydrogen-bond acceptors (Lipinski definition) is 5. The van der Waals surface area contributed by atoms with Crippen molar-refractivity contribution in [3.63, 3.8) is 0 Å². The van der Waals surface area contributed by atoms with E-state index < -0.39 is 5.97 Å². The van der Waals surface area contributed by atoms with Crippen molar-refractivity contribution >= 4 is 39.8 Å². The molecule has 7 heteroatoms. The van der Waals surface area contributed by atoms with E-state index in [1.54, 1.807) is 19.1 Å². The first-order valence-electron chi connectivity index (χ1n) is 10.0. The normalized spacial score (nSPS) is 10.5. The van der Waals surface area contributed by atoms with Gasteiger partial charge in [0, 0.05) is 22.4 Å². The molecule has 2 aromatic carbocycles. The molecule has 0 radical (unpaired) electrons. The number of anilines is 1. The predicted molar refractivity (Wildman–Crippen MR) is 125 cm³/mol. The van der Waals surface area contributed by atoms with Crippen LogP contribution in [0.15, 0.2) is 53.9 Å². The van der Waals surface area contributed by atoms with Gasteiger partial charge in [0.25, 0.3) is 0 Å². The molecule has 1 amide bonds. The molecule has 1 heterocycles. The Morgan fingerprint density at radius 3 is 2.61 bits per heavy atom. The van der Waals surface area contributed by atoms with E-state index in [0.717, 1.165) is 22.4 Å². The van der Waals surface area contributed by atoms with Gasteiger partial charge in [-0.1, -0.05) is 41.9 Å². The molecule has 31 heavy (non-hydrogen) atoms. The summed E-state index contributed by atoms with van der Waals surface area (Å²) in [5, 5.41) is 5.91. The smallest absolute Gasteiger partial charge is 0.341 e. The molecule has 0 aliphatic rings. The van der Waals surface area contributed by atoms with Gasteiger partial charge in [-0.15, -0.1) is 11.3 Å². The van der Waals surface area contributed by atoms with Gasteiger partial charge in [0.1, 0.15) is 16.3 Å². The molecule has 0 saturated carbocycles. The number of ether oxygens (including phenoxy) is 2. The largest absolute Gasteiger partial charge is 0.494 e. The Kier molecular flexibility index (Phi) is 8.09. The van der Waals surface area contributed by atoms with Crippen molar-refractivity contribution in [3.05, 3.63) is 70.1 Å². The number of nitrogens with one attached hydrogen (secondary N) is 1. The van der Waals surface area contributed by atoms with Crippen LogP contribution in [-0.4, -0.2) is 25.1 Å². The minimum atomic E-state index is -0.445. The average Bonchev–Trinajstić information content (AvgIpc) is 3.18. The maximum atomic E-state index is 12.6. The first-order valence-corrected chi connectivity index (χ1v) is 11.3. The van der Waals surface area contributed by atoms with Crippen LogP contribution < -0.4 is 10.1 Å². The molecule has 0 aliphatic carbocycles. The number of carbonyl (C=O) groups excluding carboxylic acids is 2. The summed E-state index contributed by atoms with van der Waals surface area (Å²) in [5.41, 5.74) is 2.98. The zero-order chi connectivity index (χ0) is 22.2. The summed E-state index contributed by atoms with van der Waals surface area (Å²) in [5.74, 6) is 0.0971. The Bertz CT molecular complexity index is 1050. The summed E-state index contributed by atoms with van der Waals surface area (Å²) in [6, 6.07) is 15.0. The lowest BCUT2D eigenvalue weighted by Crippen LogP contribution is -2.15. The number of esters is 1. The van der Waals surface area contributed by atoms with Gasteiger partial charge < -0.3 is 14.8 Å². The molecule has 0 aliphatic heterocycles. The van der Waals surface area contributed by atoms with E-state index in [-0.39, 0.29) is 18.9 Å². The van der Waals surface area contributed by atoms with Crippen LogP contribution in [0.5, 0.6) is 5.75 Å². The Morgan fingerprint density at radius 2 is 1.90 bits per heavy atom. The van der Waals surface area contributed by atoms with E-state index >= 15 is 0 Å². The SMILES string of the molecule is CCOC(=O)c1c(-c2ccccc2)csc1NC(=O)CCCOc1ccc(Cl)c(C)c1. The van der Waals surface area contributed by atoms with Crippen LogP contribution in [0.25, 0.3) is 11.1 Å². The minimum absolute atomic E-state index is 0.178. The number of amides is 1. The van der Waals surface area contributed by atoms with Crippen LogP contribution in [0.1, 0.15) is 35.7 Å². The van der Waals surface area contributed by atoms with Crippen LogP contribution in [-0.2, 0) is 9.53 Å². The van der Waals surface area contributed by atoms with Crippen molar-refractivity contribution in [2.75, 3.05) is 18.5 Å². The topological polar surface area (TPSA) is 64.6 Å². The lowest BCUT2D eigenvalue weighted by molar-refractivity contribution is -0.116. The summed E-state index contributed by atoms with van der Waals surface area (Å²) in [4.78, 5) is 25.0. The highest BCUT2D eigenvalue weighted by Gasteiger charge is 2.22. The number of thiophene rings is 1. The molecule has 1 N–H and O–H groups in total. The molecule has 0 atom stereocenters. The van der Waals surface area contributed by atoms with E-state index in [0.29, 0.717) is 28.6 Å². The molecule has 0 fully saturated rings. The number of halogens is 1. The van der Waals surface area contributed by atoms with Crippen LogP contribution in [0, 0.1) is 6.92 Å². The van der Waals surface area contributed by atoms with Gasteiger partial charge in [-0.2, -0.15) is 0 Å². The van der Waals surface area contributed by atoms with E-state index in [1.807, 2.05) is 48.7 Å². The van der Waals surface area contributed by atoms with Crippen molar-refractivity contribution in [1.82, 2.24) is 0 Å². The van der Waals surface area contributed by atoms with Crippen molar-refractivity contribution in [2.45, 2.75) is 26.7 Å². The summed E-state index contributed by atoms with van der Waals surface area (Å²) >= 11 is 7.33. The number of hydrogen-bond donors (Lipinski definition) is 1. The van der Waals surface area contributed by atoms with Crippen LogP contribution in [0.4, 0.5) is 5.00 Å². The summed E-state index contributed by atoms with van der Waals surface area (Å²) in [6.07, 6.45) is 0.812. The van der Waals surface area contributed by atoms with Crippen LogP contribution in [0.3, 0.4) is 0 Å². The third-order valence-corrected chi connectivity index (χ3v) is 5.87. The summed E-state index contributed by atoms with van der Waals surface area (Å²) in [7, 11) is 0. The zero-order valence-corrected chi connectivity index (χ0v) is 19.0. The van der Waals surface area contributed by atoms with Gasteiger partial charge in [0.2, 0.25) is 5.91 Å². The fourth-order valence-electron chi connectivity index (χ4n) is 3.00. The average molecular weight is 458 g/mol. The third kappa shape index (κ3) is 6.09. The second-order valence-electron chi connectivity index (χ2n) is 6.85. The minimum Gasteiger partial charge on any atom is -0.494 e. The van der Waals surface area contributed by atoms with Gasteiger partial charge in [0.05, 0.1) is 13.2 Å². The standard InChI is InChI=1S/C24H24ClNO4S/c1-3-29-24(28)22-19(17-8-5-4-6-9-17)15-31-23(22)26-21(27)10-7-13-30-18-11-12-20(25)16(2)14-18/h4-6,8-9,11-12,14-15H,3,7,10,13H2,1-2H3,(H,26,27). The van der Waals surface area contributed by atoms with Gasteiger partial charge in [-0.3, -0.25) is 4.79 Å². The summed E-state index contributed by atoms with van der Waals surface area (Å²) < 4.78 is 10.9. The first kappa shape index (κ1) is 22.8. The molecule has 3 rings (SSSR count). The summed E-state index contributed by atoms with van der Waals surface area (Å²) in [6.45, 7) is 4.33. The fourth-order valence-corrected chi connectivity index (χ4v) is 4.10. The Morgan fingerprint density at radius 1 is 1.13 bits per heavy atom. The van der Waals surface area contributed by atoms with Crippen molar-refractivity contribution in [3.8, 4) is 16.9 Å². The number of carbonyl (C=O) groups is 2. The quantitative estimate of drug-likeness (QED) is 0.300. The Hall–Kier alpha value is -2.83. The molecular formula is C24H24ClNO4S. The van der Waals surface area contributed by atoms with Crippen molar-refractivity contribution < 1.29 is 19.1 Å². The number of benzene rings is 2. The molecule has 0 saturated heterocycles. The highest BCUT2D eigenvalue weighted by Crippen LogP contribution is 2.36. The van der Waals surface area contributed by atoms with Crippen LogP contribution >= 0.6 is 22.9 Å². The predicted octanol–water partition coefficient (Wildman–Crippen LogP) is 6.35. The van der Waals surface area contributed by atoms with E-state index in [1.165, 1.54) is 11.3 Å². The molecule has 0 unspecified atom stereocenters. The molecule has 0 spiro atoms. The van der Waals surface area contributed by atoms with Gasteiger partial charge in [-0.05, 0) is 49.6 Å². The van der Waals surface area contributed by atoms with E-state index in [2.05, 4.69) is 5.32 Å². The van der Waals surface area contributed by atoms with Gasteiger partial charge >= 0.3 is 5.97 Å². The second kappa shape index (κ2) is 11.0. The number of rotatable bonds is 9. The fraction of sp³-hybridized carbons (Fsp3) is 0.250. The lowest BCUT2D eigenvalue weighted by Gasteiger charge is -2.10. The molecule has 162 valence electrons. The second-order valence-corrected chi connectivity index (χ2v) is 8.14. The van der Waals surface area contributed by atoms with E-state index in [4.69, 9.17) is 21.1 Å². The third-order valence-electron chi connectivity index (χ3n) is 4.55. The highest BCUT2D eigenvalue weighted by molar-refractivity contribution is 7.15. The maximum Gasteiger partial charge on any atom is 0.341 e.